The van der Waals surface area contributed by atoms with Crippen molar-refractivity contribution in [2.24, 2.45) is 11.8 Å². The monoisotopic (exact) mass is 198 g/mol. The van der Waals surface area contributed by atoms with E-state index in [2.05, 4.69) is 31.0 Å². The summed E-state index contributed by atoms with van der Waals surface area (Å²) in [7, 11) is 0. The maximum atomic E-state index is 3.45. The number of nitrogens with zero attached hydrogens (tertiary/aromatic N) is 1. The third-order valence-electron chi connectivity index (χ3n) is 3.32. The van der Waals surface area contributed by atoms with Gasteiger partial charge in [0.2, 0.25) is 0 Å². The molecule has 0 aromatic heterocycles. The molecule has 0 aromatic rings. The Morgan fingerprint density at radius 1 is 1.43 bits per heavy atom. The minimum atomic E-state index is 0.868. The average Bonchev–Trinajstić information content (AvgIpc) is 2.62. The van der Waals surface area contributed by atoms with Gasteiger partial charge in [0.1, 0.15) is 0 Å². The van der Waals surface area contributed by atoms with Crippen molar-refractivity contribution in [3.63, 3.8) is 0 Å². The predicted octanol–water partition coefficient (Wildman–Crippen LogP) is 1.96. The Balaban J connectivity index is 2.13. The molecule has 1 N–H and O–H groups in total. The van der Waals surface area contributed by atoms with Gasteiger partial charge in [-0.1, -0.05) is 27.2 Å². The van der Waals surface area contributed by atoms with Crippen molar-refractivity contribution in [2.75, 3.05) is 32.7 Å². The quantitative estimate of drug-likeness (QED) is 0.702. The molecule has 1 aliphatic rings. The molecule has 0 aliphatic carbocycles. The van der Waals surface area contributed by atoms with E-state index in [1.54, 1.807) is 0 Å². The molecule has 1 heterocycles. The highest BCUT2D eigenvalue weighted by molar-refractivity contribution is 4.77. The molecule has 2 atom stereocenters. The number of hydrogen-bond donors (Lipinski definition) is 1. The standard InChI is InChI=1S/C12H26N2/c1-4-11(3)9-14-7-6-12(10-14)8-13-5-2/h11-13H,4-10H2,1-3H3. The van der Waals surface area contributed by atoms with Gasteiger partial charge in [0, 0.05) is 13.1 Å². The molecule has 84 valence electrons. The maximum absolute atomic E-state index is 3.45. The molecule has 2 unspecified atom stereocenters. The van der Waals surface area contributed by atoms with Gasteiger partial charge in [-0.25, -0.2) is 0 Å². The lowest BCUT2D eigenvalue weighted by Crippen LogP contribution is -2.29. The van der Waals surface area contributed by atoms with E-state index in [4.69, 9.17) is 0 Å². The molecule has 0 saturated carbocycles. The fourth-order valence-corrected chi connectivity index (χ4v) is 2.16. The Labute approximate surface area is 89.1 Å². The fourth-order valence-electron chi connectivity index (χ4n) is 2.16. The summed E-state index contributed by atoms with van der Waals surface area (Å²) >= 11 is 0. The van der Waals surface area contributed by atoms with Crippen LogP contribution in [0.4, 0.5) is 0 Å². The summed E-state index contributed by atoms with van der Waals surface area (Å²) in [5.41, 5.74) is 0. The van der Waals surface area contributed by atoms with Gasteiger partial charge in [0.15, 0.2) is 0 Å². The highest BCUT2D eigenvalue weighted by Gasteiger charge is 2.22. The lowest BCUT2D eigenvalue weighted by atomic mass is 10.1. The van der Waals surface area contributed by atoms with E-state index in [1.807, 2.05) is 0 Å². The summed E-state index contributed by atoms with van der Waals surface area (Å²) in [6, 6.07) is 0. The van der Waals surface area contributed by atoms with Crippen molar-refractivity contribution in [2.45, 2.75) is 33.6 Å². The van der Waals surface area contributed by atoms with Crippen LogP contribution in [0, 0.1) is 11.8 Å². The van der Waals surface area contributed by atoms with Crippen molar-refractivity contribution in [1.82, 2.24) is 10.2 Å². The first kappa shape index (κ1) is 12.0. The number of likely N-dealkylation sites (tertiary alicyclic amines) is 1. The van der Waals surface area contributed by atoms with Gasteiger partial charge in [-0.15, -0.1) is 0 Å². The molecular weight excluding hydrogens is 172 g/mol. The van der Waals surface area contributed by atoms with Crippen LogP contribution in [-0.4, -0.2) is 37.6 Å². The summed E-state index contributed by atoms with van der Waals surface area (Å²) in [4.78, 5) is 2.64. The highest BCUT2D eigenvalue weighted by Crippen LogP contribution is 2.17. The molecule has 1 saturated heterocycles. The highest BCUT2D eigenvalue weighted by atomic mass is 15.1. The van der Waals surface area contributed by atoms with Crippen LogP contribution in [0.1, 0.15) is 33.6 Å². The summed E-state index contributed by atoms with van der Waals surface area (Å²) < 4.78 is 0. The smallest absolute Gasteiger partial charge is 0.00224 e. The lowest BCUT2D eigenvalue weighted by Gasteiger charge is -2.19. The van der Waals surface area contributed by atoms with Crippen LogP contribution in [0.5, 0.6) is 0 Å². The molecule has 14 heavy (non-hydrogen) atoms. The molecule has 0 bridgehead atoms. The maximum Gasteiger partial charge on any atom is 0.00224 e. The summed E-state index contributed by atoms with van der Waals surface area (Å²) in [5.74, 6) is 1.77. The van der Waals surface area contributed by atoms with Crippen LogP contribution < -0.4 is 5.32 Å². The first-order valence-electron chi connectivity index (χ1n) is 6.19. The summed E-state index contributed by atoms with van der Waals surface area (Å²) in [6.45, 7) is 13.1. The molecule has 2 nitrogen and oxygen atoms in total. The van der Waals surface area contributed by atoms with Crippen LogP contribution in [0.3, 0.4) is 0 Å². The zero-order valence-electron chi connectivity index (χ0n) is 10.1. The van der Waals surface area contributed by atoms with Gasteiger partial charge in [-0.3, -0.25) is 0 Å². The third-order valence-corrected chi connectivity index (χ3v) is 3.32. The van der Waals surface area contributed by atoms with Crippen LogP contribution in [0.25, 0.3) is 0 Å². The van der Waals surface area contributed by atoms with Crippen molar-refractivity contribution < 1.29 is 0 Å². The van der Waals surface area contributed by atoms with Gasteiger partial charge >= 0.3 is 0 Å². The predicted molar refractivity (Wildman–Crippen MR) is 62.5 cm³/mol. The molecule has 1 fully saturated rings. The molecule has 1 aliphatic heterocycles. The van der Waals surface area contributed by atoms with E-state index in [-0.39, 0.29) is 0 Å². The second kappa shape index (κ2) is 6.41. The normalized spacial score (nSPS) is 25.5. The largest absolute Gasteiger partial charge is 0.317 e. The Hall–Kier alpha value is -0.0800. The Morgan fingerprint density at radius 3 is 2.86 bits per heavy atom. The number of nitrogens with one attached hydrogen (secondary N) is 1. The SMILES string of the molecule is CCNCC1CCN(CC(C)CC)C1. The lowest BCUT2D eigenvalue weighted by molar-refractivity contribution is 0.273. The zero-order chi connectivity index (χ0) is 10.4. The van der Waals surface area contributed by atoms with Crippen molar-refractivity contribution >= 4 is 0 Å². The van der Waals surface area contributed by atoms with Crippen molar-refractivity contribution in [3.05, 3.63) is 0 Å². The van der Waals surface area contributed by atoms with Gasteiger partial charge < -0.3 is 10.2 Å². The van der Waals surface area contributed by atoms with Gasteiger partial charge in [0.25, 0.3) is 0 Å². The van der Waals surface area contributed by atoms with E-state index in [0.29, 0.717) is 0 Å². The molecule has 0 spiro atoms. The van der Waals surface area contributed by atoms with E-state index < -0.39 is 0 Å². The van der Waals surface area contributed by atoms with E-state index in [0.717, 1.165) is 18.4 Å². The Bertz CT molecular complexity index is 147. The van der Waals surface area contributed by atoms with E-state index in [1.165, 1.54) is 39.0 Å². The van der Waals surface area contributed by atoms with E-state index >= 15 is 0 Å². The number of rotatable bonds is 6. The first-order chi connectivity index (χ1) is 6.76. The molecule has 1 rings (SSSR count). The molecule has 0 amide bonds. The van der Waals surface area contributed by atoms with Crippen LogP contribution >= 0.6 is 0 Å². The Morgan fingerprint density at radius 2 is 2.21 bits per heavy atom. The van der Waals surface area contributed by atoms with Crippen LogP contribution in [0.2, 0.25) is 0 Å². The second-order valence-electron chi connectivity index (χ2n) is 4.74. The number of hydrogen-bond acceptors (Lipinski definition) is 2. The summed E-state index contributed by atoms with van der Waals surface area (Å²) in [6.07, 6.45) is 2.71. The first-order valence-corrected chi connectivity index (χ1v) is 6.19. The Kier molecular flexibility index (Phi) is 5.49. The molecule has 2 heteroatoms. The molecule has 0 aromatic carbocycles. The minimum absolute atomic E-state index is 0.868. The third kappa shape index (κ3) is 3.97. The molecular formula is C12H26N2. The van der Waals surface area contributed by atoms with Gasteiger partial charge in [-0.05, 0) is 37.9 Å². The summed E-state index contributed by atoms with van der Waals surface area (Å²) in [5, 5.41) is 3.45. The van der Waals surface area contributed by atoms with Crippen molar-refractivity contribution in [3.8, 4) is 0 Å². The topological polar surface area (TPSA) is 15.3 Å². The van der Waals surface area contributed by atoms with Gasteiger partial charge in [0.05, 0.1) is 0 Å². The zero-order valence-corrected chi connectivity index (χ0v) is 10.1. The minimum Gasteiger partial charge on any atom is -0.317 e. The van der Waals surface area contributed by atoms with Crippen LogP contribution in [-0.2, 0) is 0 Å². The molecule has 0 radical (unpaired) electrons. The fraction of sp³-hybridized carbons (Fsp3) is 1.00. The van der Waals surface area contributed by atoms with Gasteiger partial charge in [-0.2, -0.15) is 0 Å². The van der Waals surface area contributed by atoms with Crippen LogP contribution in [0.15, 0.2) is 0 Å². The van der Waals surface area contributed by atoms with E-state index in [9.17, 15) is 0 Å². The second-order valence-corrected chi connectivity index (χ2v) is 4.74. The van der Waals surface area contributed by atoms with Crippen molar-refractivity contribution in [1.29, 1.82) is 0 Å². The average molecular weight is 198 g/mol.